The fourth-order valence-electron chi connectivity index (χ4n) is 1.30. The third kappa shape index (κ3) is 4.36. The molecule has 1 rings (SSSR count). The lowest BCUT2D eigenvalue weighted by atomic mass is 10.1. The topological polar surface area (TPSA) is 20.2 Å². The van der Waals surface area contributed by atoms with E-state index in [1.807, 2.05) is 18.2 Å². The Balaban J connectivity index is 2.61. The maximum atomic E-state index is 9.42. The largest absolute Gasteiger partial charge is 0.389 e. The van der Waals surface area contributed by atoms with Crippen LogP contribution in [0.15, 0.2) is 23.1 Å². The Morgan fingerprint density at radius 1 is 1.31 bits per heavy atom. The lowest BCUT2D eigenvalue weighted by Gasteiger charge is -2.09. The lowest BCUT2D eigenvalue weighted by Crippen LogP contribution is -1.92. The van der Waals surface area contributed by atoms with Gasteiger partial charge in [-0.15, -0.1) is 11.8 Å². The van der Waals surface area contributed by atoms with E-state index in [2.05, 4.69) is 13.8 Å². The van der Waals surface area contributed by atoms with Gasteiger partial charge in [0.05, 0.1) is 11.1 Å². The summed E-state index contributed by atoms with van der Waals surface area (Å²) in [6.45, 7) is 6.19. The van der Waals surface area contributed by atoms with Gasteiger partial charge in [-0.3, -0.25) is 0 Å². The molecule has 0 aliphatic carbocycles. The zero-order chi connectivity index (χ0) is 12.1. The van der Waals surface area contributed by atoms with Crippen LogP contribution in [0.5, 0.6) is 0 Å². The van der Waals surface area contributed by atoms with Gasteiger partial charge < -0.3 is 5.11 Å². The molecule has 0 amide bonds. The molecule has 1 unspecified atom stereocenters. The van der Waals surface area contributed by atoms with Crippen molar-refractivity contribution in [2.24, 2.45) is 5.92 Å². The Hall–Kier alpha value is -0.180. The Kier molecular flexibility index (Phi) is 5.67. The van der Waals surface area contributed by atoms with Crippen molar-refractivity contribution >= 4 is 23.4 Å². The molecule has 90 valence electrons. The molecule has 16 heavy (non-hydrogen) atoms. The molecule has 1 nitrogen and oxygen atoms in total. The van der Waals surface area contributed by atoms with Crippen molar-refractivity contribution in [1.82, 2.24) is 0 Å². The van der Waals surface area contributed by atoms with Crippen LogP contribution in [0.2, 0.25) is 5.02 Å². The molecule has 1 aromatic carbocycles. The highest BCUT2D eigenvalue weighted by molar-refractivity contribution is 7.99. The van der Waals surface area contributed by atoms with Gasteiger partial charge in [0.25, 0.3) is 0 Å². The molecule has 3 heteroatoms. The van der Waals surface area contributed by atoms with Crippen LogP contribution in [-0.2, 0) is 0 Å². The van der Waals surface area contributed by atoms with Crippen molar-refractivity contribution in [2.45, 2.75) is 38.2 Å². The Morgan fingerprint density at radius 3 is 2.50 bits per heavy atom. The van der Waals surface area contributed by atoms with Gasteiger partial charge in [0.15, 0.2) is 0 Å². The summed E-state index contributed by atoms with van der Waals surface area (Å²) in [6, 6.07) is 5.79. The molecule has 0 saturated heterocycles. The first kappa shape index (κ1) is 13.9. The van der Waals surface area contributed by atoms with Crippen LogP contribution in [0, 0.1) is 5.92 Å². The van der Waals surface area contributed by atoms with Crippen molar-refractivity contribution in [3.05, 3.63) is 28.8 Å². The number of halogens is 1. The maximum Gasteiger partial charge on any atom is 0.0762 e. The van der Waals surface area contributed by atoms with Gasteiger partial charge in [0.1, 0.15) is 0 Å². The van der Waals surface area contributed by atoms with Gasteiger partial charge in [0.2, 0.25) is 0 Å². The highest BCUT2D eigenvalue weighted by atomic mass is 35.5. The quantitative estimate of drug-likeness (QED) is 0.783. The zero-order valence-electron chi connectivity index (χ0n) is 10.0. The molecule has 0 fully saturated rings. The third-order valence-electron chi connectivity index (χ3n) is 2.39. The molecule has 1 aromatic rings. The predicted molar refractivity (Wildman–Crippen MR) is 72.3 cm³/mol. The van der Waals surface area contributed by atoms with Crippen LogP contribution in [0.1, 0.15) is 38.9 Å². The van der Waals surface area contributed by atoms with Crippen molar-refractivity contribution < 1.29 is 5.11 Å². The van der Waals surface area contributed by atoms with Gasteiger partial charge in [-0.05, 0) is 42.7 Å². The standard InChI is InChI=1S/C13H19ClOS/c1-9(2)6-7-16-13-5-4-11(10(3)15)8-12(13)14/h4-5,8-10,15H,6-7H2,1-3H3. The summed E-state index contributed by atoms with van der Waals surface area (Å²) < 4.78 is 0. The third-order valence-corrected chi connectivity index (χ3v) is 3.92. The van der Waals surface area contributed by atoms with Crippen LogP contribution in [0.3, 0.4) is 0 Å². The van der Waals surface area contributed by atoms with Crippen LogP contribution in [0.4, 0.5) is 0 Å². The van der Waals surface area contributed by atoms with Crippen LogP contribution in [0.25, 0.3) is 0 Å². The van der Waals surface area contributed by atoms with Gasteiger partial charge in [-0.25, -0.2) is 0 Å². The lowest BCUT2D eigenvalue weighted by molar-refractivity contribution is 0.199. The highest BCUT2D eigenvalue weighted by Gasteiger charge is 2.06. The fraction of sp³-hybridized carbons (Fsp3) is 0.538. The maximum absolute atomic E-state index is 9.42. The van der Waals surface area contributed by atoms with E-state index in [9.17, 15) is 5.11 Å². The summed E-state index contributed by atoms with van der Waals surface area (Å²) in [5.41, 5.74) is 0.873. The number of hydrogen-bond acceptors (Lipinski definition) is 2. The van der Waals surface area contributed by atoms with E-state index < -0.39 is 6.10 Å². The molecular weight excluding hydrogens is 240 g/mol. The highest BCUT2D eigenvalue weighted by Crippen LogP contribution is 2.30. The molecule has 0 bridgehead atoms. The summed E-state index contributed by atoms with van der Waals surface area (Å²) >= 11 is 7.94. The number of hydrogen-bond donors (Lipinski definition) is 1. The van der Waals surface area contributed by atoms with Crippen LogP contribution >= 0.6 is 23.4 Å². The first-order chi connectivity index (χ1) is 7.50. The van der Waals surface area contributed by atoms with Gasteiger partial charge in [-0.1, -0.05) is 31.5 Å². The summed E-state index contributed by atoms with van der Waals surface area (Å²) in [5, 5.41) is 10.2. The second kappa shape index (κ2) is 6.53. The van der Waals surface area contributed by atoms with E-state index in [-0.39, 0.29) is 0 Å². The van der Waals surface area contributed by atoms with Gasteiger partial charge in [0, 0.05) is 4.90 Å². The molecule has 1 atom stereocenters. The first-order valence-corrected chi connectivity index (χ1v) is 6.97. The first-order valence-electron chi connectivity index (χ1n) is 5.61. The molecule has 0 aliphatic heterocycles. The summed E-state index contributed by atoms with van der Waals surface area (Å²) in [4.78, 5) is 1.10. The normalized spacial score (nSPS) is 13.1. The van der Waals surface area contributed by atoms with E-state index in [4.69, 9.17) is 11.6 Å². The Morgan fingerprint density at radius 2 is 2.00 bits per heavy atom. The SMILES string of the molecule is CC(C)CCSc1ccc(C(C)O)cc1Cl. The Bertz CT molecular complexity index is 337. The summed E-state index contributed by atoms with van der Waals surface area (Å²) in [6.07, 6.45) is 0.742. The van der Waals surface area contributed by atoms with E-state index in [1.54, 1.807) is 18.7 Å². The van der Waals surface area contributed by atoms with Crippen molar-refractivity contribution in [1.29, 1.82) is 0 Å². The van der Waals surface area contributed by atoms with E-state index in [0.717, 1.165) is 27.2 Å². The number of benzene rings is 1. The minimum atomic E-state index is -0.452. The molecular formula is C13H19ClOS. The van der Waals surface area contributed by atoms with Crippen molar-refractivity contribution in [3.8, 4) is 0 Å². The number of aliphatic hydroxyl groups is 1. The number of thioether (sulfide) groups is 1. The van der Waals surface area contributed by atoms with Gasteiger partial charge >= 0.3 is 0 Å². The van der Waals surface area contributed by atoms with Crippen molar-refractivity contribution in [3.63, 3.8) is 0 Å². The minimum absolute atomic E-state index is 0.452. The second-order valence-electron chi connectivity index (χ2n) is 4.40. The number of rotatable bonds is 5. The molecule has 0 heterocycles. The average Bonchev–Trinajstić information content (AvgIpc) is 2.19. The molecule has 0 radical (unpaired) electrons. The molecule has 0 aliphatic rings. The Labute approximate surface area is 107 Å². The smallest absolute Gasteiger partial charge is 0.0762 e. The number of aliphatic hydroxyl groups excluding tert-OH is 1. The zero-order valence-corrected chi connectivity index (χ0v) is 11.6. The van der Waals surface area contributed by atoms with E-state index in [1.165, 1.54) is 6.42 Å². The summed E-state index contributed by atoms with van der Waals surface area (Å²) in [7, 11) is 0. The molecule has 0 saturated carbocycles. The monoisotopic (exact) mass is 258 g/mol. The minimum Gasteiger partial charge on any atom is -0.389 e. The molecule has 0 aromatic heterocycles. The molecule has 1 N–H and O–H groups in total. The van der Waals surface area contributed by atoms with Crippen molar-refractivity contribution in [2.75, 3.05) is 5.75 Å². The fourth-order valence-corrected chi connectivity index (χ4v) is 2.82. The van der Waals surface area contributed by atoms with Crippen LogP contribution < -0.4 is 0 Å². The van der Waals surface area contributed by atoms with E-state index >= 15 is 0 Å². The predicted octanol–water partition coefficient (Wildman–Crippen LogP) is 4.53. The van der Waals surface area contributed by atoms with Gasteiger partial charge in [-0.2, -0.15) is 0 Å². The molecule has 0 spiro atoms. The van der Waals surface area contributed by atoms with E-state index in [0.29, 0.717) is 0 Å². The second-order valence-corrected chi connectivity index (χ2v) is 5.94. The van der Waals surface area contributed by atoms with Crippen LogP contribution in [-0.4, -0.2) is 10.9 Å². The average molecular weight is 259 g/mol. The summed E-state index contributed by atoms with van der Waals surface area (Å²) in [5.74, 6) is 1.81.